The number of ketones is 1. The predicted molar refractivity (Wildman–Crippen MR) is 79.7 cm³/mol. The van der Waals surface area contributed by atoms with Crippen LogP contribution in [0.15, 0.2) is 64.4 Å². The molecular weight excluding hydrogens is 308 g/mol. The normalized spacial score (nSPS) is 10.3. The molecule has 0 bridgehead atoms. The Hall–Kier alpha value is -1.06. The number of Topliss-reactive ketones (excluding diaryl/α,β-unsaturated/α-hetero) is 1. The number of halogens is 1. The third-order valence-corrected chi connectivity index (χ3v) is 3.89. The van der Waals surface area contributed by atoms with E-state index in [9.17, 15) is 4.79 Å². The van der Waals surface area contributed by atoms with Crippen LogP contribution in [0, 0.1) is 0 Å². The highest BCUT2D eigenvalue weighted by atomic mass is 79.9. The maximum absolute atomic E-state index is 11.7. The first-order chi connectivity index (χ1) is 8.79. The minimum atomic E-state index is 0.183. The molecule has 0 aliphatic rings. The summed E-state index contributed by atoms with van der Waals surface area (Å²) in [6.45, 7) is 0. The highest BCUT2D eigenvalue weighted by Gasteiger charge is 2.04. The molecule has 0 fully saturated rings. The fourth-order valence-electron chi connectivity index (χ4n) is 1.56. The molecule has 0 unspecified atom stereocenters. The van der Waals surface area contributed by atoms with Crippen LogP contribution in [0.5, 0.6) is 0 Å². The molecule has 0 atom stereocenters. The second-order valence-electron chi connectivity index (χ2n) is 3.80. The molecule has 2 aromatic carbocycles. The summed E-state index contributed by atoms with van der Waals surface area (Å²) < 4.78 is 0. The van der Waals surface area contributed by atoms with Crippen LogP contribution in [0.1, 0.15) is 16.8 Å². The standard InChI is InChI=1S/C15H13BrOS/c16-11-10-15(17)12-6-8-14(9-7-12)18-13-4-2-1-3-5-13/h1-9H,10-11H2. The lowest BCUT2D eigenvalue weighted by Crippen LogP contribution is -1.98. The van der Waals surface area contributed by atoms with Crippen molar-refractivity contribution in [1.29, 1.82) is 0 Å². The third-order valence-electron chi connectivity index (χ3n) is 2.48. The SMILES string of the molecule is O=C(CCBr)c1ccc(Sc2ccccc2)cc1. The number of hydrogen-bond acceptors (Lipinski definition) is 2. The molecule has 0 amide bonds. The molecule has 0 saturated heterocycles. The van der Waals surface area contributed by atoms with Crippen LogP contribution in [0.3, 0.4) is 0 Å². The zero-order valence-electron chi connectivity index (χ0n) is 9.80. The number of hydrogen-bond donors (Lipinski definition) is 0. The van der Waals surface area contributed by atoms with Crippen LogP contribution in [-0.4, -0.2) is 11.1 Å². The summed E-state index contributed by atoms with van der Waals surface area (Å²) in [6.07, 6.45) is 0.547. The summed E-state index contributed by atoms with van der Waals surface area (Å²) in [4.78, 5) is 14.0. The largest absolute Gasteiger partial charge is 0.294 e. The Labute approximate surface area is 120 Å². The fourth-order valence-corrected chi connectivity index (χ4v) is 2.76. The van der Waals surface area contributed by atoms with Gasteiger partial charge in [-0.3, -0.25) is 4.79 Å². The van der Waals surface area contributed by atoms with Crippen molar-refractivity contribution in [3.8, 4) is 0 Å². The monoisotopic (exact) mass is 320 g/mol. The highest BCUT2D eigenvalue weighted by Crippen LogP contribution is 2.27. The van der Waals surface area contributed by atoms with Crippen molar-refractivity contribution in [2.24, 2.45) is 0 Å². The van der Waals surface area contributed by atoms with E-state index < -0.39 is 0 Å². The number of alkyl halides is 1. The lowest BCUT2D eigenvalue weighted by molar-refractivity contribution is 0.0990. The highest BCUT2D eigenvalue weighted by molar-refractivity contribution is 9.09. The van der Waals surface area contributed by atoms with Gasteiger partial charge in [0, 0.05) is 27.1 Å². The first-order valence-electron chi connectivity index (χ1n) is 5.72. The molecule has 0 N–H and O–H groups in total. The van der Waals surface area contributed by atoms with Crippen LogP contribution in [-0.2, 0) is 0 Å². The Morgan fingerprint density at radius 2 is 1.56 bits per heavy atom. The minimum absolute atomic E-state index is 0.183. The second kappa shape index (κ2) is 6.76. The van der Waals surface area contributed by atoms with Crippen molar-refractivity contribution in [2.75, 3.05) is 5.33 Å². The van der Waals surface area contributed by atoms with E-state index in [4.69, 9.17) is 0 Å². The van der Waals surface area contributed by atoms with Gasteiger partial charge in [-0.05, 0) is 24.3 Å². The van der Waals surface area contributed by atoms with Crippen molar-refractivity contribution in [1.82, 2.24) is 0 Å². The van der Waals surface area contributed by atoms with Crippen molar-refractivity contribution < 1.29 is 4.79 Å². The molecule has 1 nitrogen and oxygen atoms in total. The van der Waals surface area contributed by atoms with E-state index >= 15 is 0 Å². The maximum Gasteiger partial charge on any atom is 0.163 e. The van der Waals surface area contributed by atoms with Crippen LogP contribution < -0.4 is 0 Å². The molecule has 92 valence electrons. The Kier molecular flexibility index (Phi) is 5.02. The summed E-state index contributed by atoms with van der Waals surface area (Å²) in [5.74, 6) is 0.183. The van der Waals surface area contributed by atoms with Crippen LogP contribution in [0.25, 0.3) is 0 Å². The topological polar surface area (TPSA) is 17.1 Å². The van der Waals surface area contributed by atoms with Crippen LogP contribution in [0.4, 0.5) is 0 Å². The van der Waals surface area contributed by atoms with E-state index in [2.05, 4.69) is 28.1 Å². The molecule has 0 spiro atoms. The second-order valence-corrected chi connectivity index (χ2v) is 5.74. The first-order valence-corrected chi connectivity index (χ1v) is 7.65. The lowest BCUT2D eigenvalue weighted by atomic mass is 10.1. The van der Waals surface area contributed by atoms with E-state index in [-0.39, 0.29) is 5.78 Å². The molecule has 0 heterocycles. The number of carbonyl (C=O) groups is 1. The Morgan fingerprint density at radius 3 is 2.17 bits per heavy atom. The Morgan fingerprint density at radius 1 is 0.944 bits per heavy atom. The third kappa shape index (κ3) is 3.72. The van der Waals surface area contributed by atoms with Crippen molar-refractivity contribution in [3.05, 3.63) is 60.2 Å². The lowest BCUT2D eigenvalue weighted by Gasteiger charge is -2.03. The summed E-state index contributed by atoms with van der Waals surface area (Å²) in [5, 5.41) is 0.715. The number of benzene rings is 2. The van der Waals surface area contributed by atoms with E-state index in [1.165, 1.54) is 4.90 Å². The zero-order valence-corrected chi connectivity index (χ0v) is 12.2. The summed E-state index contributed by atoms with van der Waals surface area (Å²) in [7, 11) is 0. The van der Waals surface area contributed by atoms with Crippen molar-refractivity contribution >= 4 is 33.5 Å². The van der Waals surface area contributed by atoms with Crippen LogP contribution >= 0.6 is 27.7 Å². The van der Waals surface area contributed by atoms with Gasteiger partial charge in [-0.1, -0.05) is 58.0 Å². The van der Waals surface area contributed by atoms with Gasteiger partial charge in [0.2, 0.25) is 0 Å². The van der Waals surface area contributed by atoms with Gasteiger partial charge < -0.3 is 0 Å². The van der Waals surface area contributed by atoms with Gasteiger partial charge in [0.25, 0.3) is 0 Å². The van der Waals surface area contributed by atoms with Gasteiger partial charge in [0.05, 0.1) is 0 Å². The van der Waals surface area contributed by atoms with Gasteiger partial charge in [-0.2, -0.15) is 0 Å². The summed E-state index contributed by atoms with van der Waals surface area (Å²) in [5.41, 5.74) is 0.784. The zero-order chi connectivity index (χ0) is 12.8. The van der Waals surface area contributed by atoms with Gasteiger partial charge in [-0.25, -0.2) is 0 Å². The molecular formula is C15H13BrOS. The molecule has 18 heavy (non-hydrogen) atoms. The van der Waals surface area contributed by atoms with Crippen molar-refractivity contribution in [3.63, 3.8) is 0 Å². The van der Waals surface area contributed by atoms with E-state index in [1.54, 1.807) is 11.8 Å². The maximum atomic E-state index is 11.7. The number of rotatable bonds is 5. The predicted octanol–water partition coefficient (Wildman–Crippen LogP) is 4.81. The fraction of sp³-hybridized carbons (Fsp3) is 0.133. The van der Waals surface area contributed by atoms with Gasteiger partial charge in [0.1, 0.15) is 0 Å². The molecule has 0 aliphatic heterocycles. The molecule has 0 aromatic heterocycles. The average Bonchev–Trinajstić information content (AvgIpc) is 2.41. The van der Waals surface area contributed by atoms with Crippen LogP contribution in [0.2, 0.25) is 0 Å². The van der Waals surface area contributed by atoms with Gasteiger partial charge in [0.15, 0.2) is 5.78 Å². The van der Waals surface area contributed by atoms with E-state index in [0.717, 1.165) is 10.5 Å². The first kappa shape index (κ1) is 13.4. The smallest absolute Gasteiger partial charge is 0.163 e. The molecule has 3 heteroatoms. The van der Waals surface area contributed by atoms with E-state index in [0.29, 0.717) is 11.8 Å². The Balaban J connectivity index is 2.06. The van der Waals surface area contributed by atoms with Crippen molar-refractivity contribution in [2.45, 2.75) is 16.2 Å². The number of carbonyl (C=O) groups excluding carboxylic acids is 1. The minimum Gasteiger partial charge on any atom is -0.294 e. The summed E-state index contributed by atoms with van der Waals surface area (Å²) >= 11 is 4.98. The quantitative estimate of drug-likeness (QED) is 0.581. The van der Waals surface area contributed by atoms with Gasteiger partial charge in [-0.15, -0.1) is 0 Å². The Bertz CT molecular complexity index is 508. The average molecular weight is 321 g/mol. The van der Waals surface area contributed by atoms with Gasteiger partial charge >= 0.3 is 0 Å². The molecule has 2 rings (SSSR count). The summed E-state index contributed by atoms with van der Waals surface area (Å²) in [6, 6.07) is 18.0. The molecule has 0 aliphatic carbocycles. The molecule has 0 radical (unpaired) electrons. The molecule has 0 saturated carbocycles. The van der Waals surface area contributed by atoms with E-state index in [1.807, 2.05) is 42.5 Å². The molecule has 2 aromatic rings.